The van der Waals surface area contributed by atoms with E-state index in [0.717, 1.165) is 19.5 Å². The summed E-state index contributed by atoms with van der Waals surface area (Å²) in [5.41, 5.74) is 1.41. The molecule has 3 aromatic rings. The number of halogens is 2. The SMILES string of the molecule is CC1CCNCC1NC(=O)c1ccccc1-c1ncc(-c2ccccc2F)o1.Cl. The normalized spacial score (nSPS) is 18.7. The van der Waals surface area contributed by atoms with Crippen LogP contribution in [-0.4, -0.2) is 30.0 Å². The van der Waals surface area contributed by atoms with Gasteiger partial charge in [0.1, 0.15) is 5.82 Å². The second kappa shape index (κ2) is 9.20. The monoisotopic (exact) mass is 415 g/mol. The average Bonchev–Trinajstić information content (AvgIpc) is 3.20. The van der Waals surface area contributed by atoms with E-state index in [9.17, 15) is 9.18 Å². The van der Waals surface area contributed by atoms with E-state index in [1.807, 2.05) is 12.1 Å². The number of hydrogen-bond acceptors (Lipinski definition) is 4. The fourth-order valence-corrected chi connectivity index (χ4v) is 3.48. The molecule has 152 valence electrons. The minimum absolute atomic E-state index is 0. The lowest BCUT2D eigenvalue weighted by molar-refractivity contribution is 0.0915. The molecule has 0 aliphatic carbocycles. The van der Waals surface area contributed by atoms with Crippen LogP contribution in [0.1, 0.15) is 23.7 Å². The van der Waals surface area contributed by atoms with E-state index in [-0.39, 0.29) is 30.2 Å². The number of carbonyl (C=O) groups excluding carboxylic acids is 1. The molecule has 1 saturated heterocycles. The predicted molar refractivity (Wildman–Crippen MR) is 112 cm³/mol. The first kappa shape index (κ1) is 21.0. The number of carbonyl (C=O) groups is 1. The van der Waals surface area contributed by atoms with Crippen molar-refractivity contribution in [3.05, 3.63) is 66.1 Å². The third kappa shape index (κ3) is 4.49. The molecule has 1 aliphatic heterocycles. The number of piperidine rings is 1. The fraction of sp³-hybridized carbons (Fsp3) is 0.273. The Hall–Kier alpha value is -2.70. The molecule has 1 fully saturated rings. The fourth-order valence-electron chi connectivity index (χ4n) is 3.48. The lowest BCUT2D eigenvalue weighted by Crippen LogP contribution is -2.50. The van der Waals surface area contributed by atoms with E-state index >= 15 is 0 Å². The Morgan fingerprint density at radius 3 is 2.66 bits per heavy atom. The van der Waals surface area contributed by atoms with Gasteiger partial charge in [0.25, 0.3) is 5.91 Å². The van der Waals surface area contributed by atoms with Gasteiger partial charge in [-0.15, -0.1) is 12.4 Å². The van der Waals surface area contributed by atoms with Crippen LogP contribution in [-0.2, 0) is 0 Å². The van der Waals surface area contributed by atoms with Gasteiger partial charge >= 0.3 is 0 Å². The molecule has 2 atom stereocenters. The standard InChI is InChI=1S/C22H22FN3O2.ClH/c1-14-10-11-24-12-19(14)26-21(27)15-6-2-3-7-16(15)22-25-13-20(28-22)17-8-4-5-9-18(17)23;/h2-9,13-14,19,24H,10-12H2,1H3,(H,26,27);1H. The van der Waals surface area contributed by atoms with Crippen LogP contribution >= 0.6 is 12.4 Å². The van der Waals surface area contributed by atoms with Crippen LogP contribution in [0.2, 0.25) is 0 Å². The molecule has 2 unspecified atom stereocenters. The van der Waals surface area contributed by atoms with Gasteiger partial charge in [-0.05, 0) is 43.1 Å². The first-order valence-electron chi connectivity index (χ1n) is 9.45. The predicted octanol–water partition coefficient (Wildman–Crippen LogP) is 4.30. The summed E-state index contributed by atoms with van der Waals surface area (Å²) in [5.74, 6) is 0.482. The summed E-state index contributed by atoms with van der Waals surface area (Å²) < 4.78 is 19.8. The van der Waals surface area contributed by atoms with Crippen molar-refractivity contribution < 1.29 is 13.6 Å². The van der Waals surface area contributed by atoms with E-state index < -0.39 is 0 Å². The first-order chi connectivity index (χ1) is 13.6. The topological polar surface area (TPSA) is 67.2 Å². The van der Waals surface area contributed by atoms with Crippen molar-refractivity contribution in [1.82, 2.24) is 15.6 Å². The third-order valence-electron chi connectivity index (χ3n) is 5.19. The number of nitrogens with zero attached hydrogens (tertiary/aromatic N) is 1. The summed E-state index contributed by atoms with van der Waals surface area (Å²) in [5, 5.41) is 6.43. The summed E-state index contributed by atoms with van der Waals surface area (Å²) in [6.07, 6.45) is 2.51. The molecule has 1 aromatic heterocycles. The lowest BCUT2D eigenvalue weighted by Gasteiger charge is -2.30. The number of benzene rings is 2. The molecule has 0 spiro atoms. The van der Waals surface area contributed by atoms with Gasteiger partial charge in [0.2, 0.25) is 5.89 Å². The zero-order valence-electron chi connectivity index (χ0n) is 16.0. The van der Waals surface area contributed by atoms with Gasteiger partial charge in [-0.2, -0.15) is 0 Å². The molecule has 0 radical (unpaired) electrons. The Bertz CT molecular complexity index is 991. The van der Waals surface area contributed by atoms with Crippen LogP contribution in [0.5, 0.6) is 0 Å². The first-order valence-corrected chi connectivity index (χ1v) is 9.45. The third-order valence-corrected chi connectivity index (χ3v) is 5.19. The molecule has 7 heteroatoms. The van der Waals surface area contributed by atoms with Crippen molar-refractivity contribution in [1.29, 1.82) is 0 Å². The Morgan fingerprint density at radius 1 is 1.17 bits per heavy atom. The van der Waals surface area contributed by atoms with Gasteiger partial charge in [0, 0.05) is 18.2 Å². The highest BCUT2D eigenvalue weighted by Crippen LogP contribution is 2.29. The highest BCUT2D eigenvalue weighted by Gasteiger charge is 2.25. The molecule has 2 aromatic carbocycles. The van der Waals surface area contributed by atoms with Gasteiger partial charge in [-0.1, -0.05) is 31.2 Å². The molecule has 2 N–H and O–H groups in total. The van der Waals surface area contributed by atoms with Gasteiger partial charge in [-0.3, -0.25) is 4.79 Å². The minimum atomic E-state index is -0.380. The largest absolute Gasteiger partial charge is 0.436 e. The van der Waals surface area contributed by atoms with Crippen molar-refractivity contribution >= 4 is 18.3 Å². The Morgan fingerprint density at radius 2 is 1.90 bits per heavy atom. The zero-order chi connectivity index (χ0) is 19.5. The van der Waals surface area contributed by atoms with Gasteiger partial charge < -0.3 is 15.1 Å². The summed E-state index contributed by atoms with van der Waals surface area (Å²) in [6.45, 7) is 3.87. The molecule has 2 heterocycles. The molecule has 4 rings (SSSR count). The maximum Gasteiger partial charge on any atom is 0.252 e. The van der Waals surface area contributed by atoms with E-state index in [4.69, 9.17) is 4.42 Å². The number of hydrogen-bond donors (Lipinski definition) is 2. The second-order valence-corrected chi connectivity index (χ2v) is 7.11. The average molecular weight is 416 g/mol. The molecule has 29 heavy (non-hydrogen) atoms. The maximum atomic E-state index is 14.0. The van der Waals surface area contributed by atoms with Crippen LogP contribution in [0.15, 0.2) is 59.1 Å². The summed E-state index contributed by atoms with van der Waals surface area (Å²) in [4.78, 5) is 17.2. The molecule has 0 saturated carbocycles. The smallest absolute Gasteiger partial charge is 0.252 e. The highest BCUT2D eigenvalue weighted by molar-refractivity contribution is 6.00. The van der Waals surface area contributed by atoms with Crippen LogP contribution in [0, 0.1) is 11.7 Å². The quantitative estimate of drug-likeness (QED) is 0.666. The van der Waals surface area contributed by atoms with Crippen molar-refractivity contribution in [2.75, 3.05) is 13.1 Å². The van der Waals surface area contributed by atoms with Crippen LogP contribution in [0.25, 0.3) is 22.8 Å². The Kier molecular flexibility index (Phi) is 6.67. The van der Waals surface area contributed by atoms with Gasteiger partial charge in [-0.25, -0.2) is 9.37 Å². The van der Waals surface area contributed by atoms with Crippen LogP contribution < -0.4 is 10.6 Å². The van der Waals surface area contributed by atoms with E-state index in [1.54, 1.807) is 30.3 Å². The number of rotatable bonds is 4. The second-order valence-electron chi connectivity index (χ2n) is 7.11. The number of aromatic nitrogens is 1. The van der Waals surface area contributed by atoms with E-state index in [2.05, 4.69) is 22.5 Å². The van der Waals surface area contributed by atoms with E-state index in [0.29, 0.717) is 34.3 Å². The molecule has 1 amide bonds. The highest BCUT2D eigenvalue weighted by atomic mass is 35.5. The van der Waals surface area contributed by atoms with Gasteiger partial charge in [0.05, 0.1) is 17.3 Å². The lowest BCUT2D eigenvalue weighted by atomic mass is 9.94. The summed E-state index contributed by atoms with van der Waals surface area (Å²) in [7, 11) is 0. The van der Waals surface area contributed by atoms with Crippen LogP contribution in [0.4, 0.5) is 4.39 Å². The molecule has 1 aliphatic rings. The Balaban J connectivity index is 0.00000240. The van der Waals surface area contributed by atoms with Crippen LogP contribution in [0.3, 0.4) is 0 Å². The summed E-state index contributed by atoms with van der Waals surface area (Å²) in [6, 6.07) is 13.6. The Labute approximate surface area is 175 Å². The van der Waals surface area contributed by atoms with E-state index in [1.165, 1.54) is 12.3 Å². The maximum absolute atomic E-state index is 14.0. The summed E-state index contributed by atoms with van der Waals surface area (Å²) >= 11 is 0. The number of nitrogens with one attached hydrogen (secondary N) is 2. The van der Waals surface area contributed by atoms with Crippen molar-refractivity contribution in [3.8, 4) is 22.8 Å². The van der Waals surface area contributed by atoms with Crippen molar-refractivity contribution in [2.45, 2.75) is 19.4 Å². The molecular formula is C22H23ClFN3O2. The molecular weight excluding hydrogens is 393 g/mol. The van der Waals surface area contributed by atoms with Crippen molar-refractivity contribution in [2.24, 2.45) is 5.92 Å². The molecule has 0 bridgehead atoms. The molecule has 5 nitrogen and oxygen atoms in total. The number of amides is 1. The van der Waals surface area contributed by atoms with Gasteiger partial charge in [0.15, 0.2) is 5.76 Å². The zero-order valence-corrected chi connectivity index (χ0v) is 16.8. The number of oxazole rings is 1. The minimum Gasteiger partial charge on any atom is -0.436 e. The van der Waals surface area contributed by atoms with Crippen molar-refractivity contribution in [3.63, 3.8) is 0 Å².